The highest BCUT2D eigenvalue weighted by Crippen LogP contribution is 2.39. The van der Waals surface area contributed by atoms with Gasteiger partial charge in [0, 0.05) is 12.6 Å². The lowest BCUT2D eigenvalue weighted by Crippen LogP contribution is -2.36. The molecule has 0 saturated heterocycles. The van der Waals surface area contributed by atoms with Crippen molar-refractivity contribution in [2.75, 3.05) is 7.11 Å². The maximum Gasteiger partial charge on any atom is 0.224 e. The summed E-state index contributed by atoms with van der Waals surface area (Å²) in [5.41, 5.74) is 1.02. The molecule has 2 aliphatic carbocycles. The van der Waals surface area contributed by atoms with Crippen molar-refractivity contribution in [3.05, 3.63) is 29.8 Å². The molecule has 1 aromatic rings. The normalized spacial score (nSPS) is 23.4. The Balaban J connectivity index is 1.40. The minimum absolute atomic E-state index is 0.0168. The van der Waals surface area contributed by atoms with E-state index >= 15 is 0 Å². The van der Waals surface area contributed by atoms with Crippen LogP contribution in [-0.4, -0.2) is 25.0 Å². The first kappa shape index (κ1) is 17.8. The zero-order valence-corrected chi connectivity index (χ0v) is 14.9. The highest BCUT2D eigenvalue weighted by molar-refractivity contribution is 5.92. The summed E-state index contributed by atoms with van der Waals surface area (Å²) in [6.45, 7) is 0.482. The maximum atomic E-state index is 12.3. The molecule has 2 N–H and O–H groups in total. The summed E-state index contributed by atoms with van der Waals surface area (Å²) in [5.74, 6) is 0.545. The zero-order valence-electron chi connectivity index (χ0n) is 14.9. The molecule has 0 heterocycles. The fourth-order valence-electron chi connectivity index (χ4n) is 3.57. The summed E-state index contributed by atoms with van der Waals surface area (Å²) in [6.07, 6.45) is 7.76. The quantitative estimate of drug-likeness (QED) is 0.780. The molecular formula is C20H28N2O3. The maximum absolute atomic E-state index is 12.3. The van der Waals surface area contributed by atoms with E-state index in [-0.39, 0.29) is 23.7 Å². The van der Waals surface area contributed by atoms with Crippen LogP contribution in [0.4, 0.5) is 0 Å². The van der Waals surface area contributed by atoms with Crippen LogP contribution in [0.1, 0.15) is 50.5 Å². The number of carbonyl (C=O) groups excluding carboxylic acids is 2. The molecule has 0 aliphatic heterocycles. The number of carbonyl (C=O) groups is 2. The summed E-state index contributed by atoms with van der Waals surface area (Å²) < 4.78 is 5.12. The van der Waals surface area contributed by atoms with Gasteiger partial charge in [0.25, 0.3) is 0 Å². The van der Waals surface area contributed by atoms with Gasteiger partial charge in [0.1, 0.15) is 5.75 Å². The van der Waals surface area contributed by atoms with Crippen molar-refractivity contribution in [1.82, 2.24) is 10.6 Å². The van der Waals surface area contributed by atoms with Crippen molar-refractivity contribution in [2.45, 2.75) is 57.5 Å². The van der Waals surface area contributed by atoms with Crippen LogP contribution >= 0.6 is 0 Å². The zero-order chi connectivity index (χ0) is 17.6. The number of rotatable bonds is 6. The second-order valence-electron chi connectivity index (χ2n) is 7.21. The minimum atomic E-state index is -0.163. The molecule has 5 nitrogen and oxygen atoms in total. The van der Waals surface area contributed by atoms with Crippen molar-refractivity contribution in [2.24, 2.45) is 11.8 Å². The predicted molar refractivity (Wildman–Crippen MR) is 96.1 cm³/mol. The molecule has 2 amide bonds. The summed E-state index contributed by atoms with van der Waals surface area (Å²) >= 11 is 0. The molecule has 0 radical (unpaired) electrons. The molecule has 0 spiro atoms. The van der Waals surface area contributed by atoms with Crippen molar-refractivity contribution in [3.63, 3.8) is 0 Å². The van der Waals surface area contributed by atoms with Crippen LogP contribution in [0.5, 0.6) is 5.75 Å². The number of hydrogen-bond donors (Lipinski definition) is 2. The second kappa shape index (κ2) is 8.37. The van der Waals surface area contributed by atoms with Crippen LogP contribution in [0, 0.1) is 11.8 Å². The average Bonchev–Trinajstić information content (AvgIpc) is 3.45. The number of nitrogens with one attached hydrogen (secondary N) is 2. The van der Waals surface area contributed by atoms with Crippen LogP contribution in [-0.2, 0) is 16.1 Å². The third-order valence-electron chi connectivity index (χ3n) is 5.29. The fourth-order valence-corrected chi connectivity index (χ4v) is 3.57. The van der Waals surface area contributed by atoms with Crippen LogP contribution in [0.3, 0.4) is 0 Å². The molecule has 0 bridgehead atoms. The standard InChI is InChI=1S/C20H28N2O3/c1-25-16-10-8-14(9-11-16)13-21-19(23)17-12-18(17)20(24)22-15-6-4-2-3-5-7-15/h8-11,15,17-18H,2-7,12-13H2,1H3,(H,21,23)(H,22,24). The van der Waals surface area contributed by atoms with Gasteiger partial charge in [-0.2, -0.15) is 0 Å². The van der Waals surface area contributed by atoms with Gasteiger partial charge in [0.15, 0.2) is 0 Å². The van der Waals surface area contributed by atoms with Gasteiger partial charge in [-0.1, -0.05) is 37.8 Å². The first-order chi connectivity index (χ1) is 12.2. The highest BCUT2D eigenvalue weighted by atomic mass is 16.5. The van der Waals surface area contributed by atoms with E-state index in [2.05, 4.69) is 10.6 Å². The Hall–Kier alpha value is -2.04. The van der Waals surface area contributed by atoms with Crippen molar-refractivity contribution < 1.29 is 14.3 Å². The van der Waals surface area contributed by atoms with Gasteiger partial charge < -0.3 is 15.4 Å². The van der Waals surface area contributed by atoms with Gasteiger partial charge in [-0.05, 0) is 37.0 Å². The molecule has 2 saturated carbocycles. The Morgan fingerprint density at radius 2 is 1.64 bits per heavy atom. The monoisotopic (exact) mass is 344 g/mol. The SMILES string of the molecule is COc1ccc(CNC(=O)C2CC2C(=O)NC2CCCCCC2)cc1. The summed E-state index contributed by atoms with van der Waals surface area (Å²) in [6, 6.07) is 7.92. The summed E-state index contributed by atoms with van der Waals surface area (Å²) in [4.78, 5) is 24.6. The molecule has 5 heteroatoms. The average molecular weight is 344 g/mol. The first-order valence-electron chi connectivity index (χ1n) is 9.38. The predicted octanol–water partition coefficient (Wildman–Crippen LogP) is 2.79. The summed E-state index contributed by atoms with van der Waals surface area (Å²) in [7, 11) is 1.63. The van der Waals surface area contributed by atoms with Gasteiger partial charge in [0.05, 0.1) is 18.9 Å². The molecule has 136 valence electrons. The van der Waals surface area contributed by atoms with Crippen molar-refractivity contribution in [1.29, 1.82) is 0 Å². The number of hydrogen-bond acceptors (Lipinski definition) is 3. The molecular weight excluding hydrogens is 316 g/mol. The first-order valence-corrected chi connectivity index (χ1v) is 9.38. The topological polar surface area (TPSA) is 67.4 Å². The second-order valence-corrected chi connectivity index (χ2v) is 7.21. The third kappa shape index (κ3) is 4.97. The molecule has 2 atom stereocenters. The third-order valence-corrected chi connectivity index (χ3v) is 5.29. The molecule has 2 fully saturated rings. The van der Waals surface area contributed by atoms with Gasteiger partial charge in [-0.3, -0.25) is 9.59 Å². The van der Waals surface area contributed by atoms with Crippen LogP contribution in [0.25, 0.3) is 0 Å². The van der Waals surface area contributed by atoms with Gasteiger partial charge in [-0.15, -0.1) is 0 Å². The number of ether oxygens (including phenoxy) is 1. The Kier molecular flexibility index (Phi) is 5.95. The van der Waals surface area contributed by atoms with E-state index < -0.39 is 0 Å². The molecule has 0 aromatic heterocycles. The largest absolute Gasteiger partial charge is 0.497 e. The minimum Gasteiger partial charge on any atom is -0.497 e. The van der Waals surface area contributed by atoms with Gasteiger partial charge >= 0.3 is 0 Å². The lowest BCUT2D eigenvalue weighted by Gasteiger charge is -2.16. The van der Waals surface area contributed by atoms with Crippen molar-refractivity contribution >= 4 is 11.8 Å². The summed E-state index contributed by atoms with van der Waals surface area (Å²) in [5, 5.41) is 6.10. The Morgan fingerprint density at radius 1 is 1.00 bits per heavy atom. The highest BCUT2D eigenvalue weighted by Gasteiger charge is 2.48. The van der Waals surface area contributed by atoms with E-state index in [1.807, 2.05) is 24.3 Å². The molecule has 2 aliphatic rings. The van der Waals surface area contributed by atoms with E-state index in [1.54, 1.807) is 7.11 Å². The van der Waals surface area contributed by atoms with Crippen LogP contribution in [0.2, 0.25) is 0 Å². The fraction of sp³-hybridized carbons (Fsp3) is 0.600. The molecule has 1 aromatic carbocycles. The Morgan fingerprint density at radius 3 is 2.28 bits per heavy atom. The van der Waals surface area contributed by atoms with Gasteiger partial charge in [-0.25, -0.2) is 0 Å². The van der Waals surface area contributed by atoms with Crippen molar-refractivity contribution in [3.8, 4) is 5.75 Å². The molecule has 3 rings (SSSR count). The number of benzene rings is 1. The van der Waals surface area contributed by atoms with E-state index in [0.29, 0.717) is 19.0 Å². The number of amides is 2. The van der Waals surface area contributed by atoms with Crippen LogP contribution in [0.15, 0.2) is 24.3 Å². The number of methoxy groups -OCH3 is 1. The van der Waals surface area contributed by atoms with E-state index in [4.69, 9.17) is 4.74 Å². The Bertz CT molecular complexity index is 591. The smallest absolute Gasteiger partial charge is 0.224 e. The van der Waals surface area contributed by atoms with E-state index in [9.17, 15) is 9.59 Å². The van der Waals surface area contributed by atoms with E-state index in [0.717, 1.165) is 24.2 Å². The van der Waals surface area contributed by atoms with E-state index in [1.165, 1.54) is 25.7 Å². The molecule has 25 heavy (non-hydrogen) atoms. The van der Waals surface area contributed by atoms with Crippen LogP contribution < -0.4 is 15.4 Å². The lowest BCUT2D eigenvalue weighted by molar-refractivity contribution is -0.127. The molecule has 2 unspecified atom stereocenters. The Labute approximate surface area is 149 Å². The van der Waals surface area contributed by atoms with Gasteiger partial charge in [0.2, 0.25) is 11.8 Å². The lowest BCUT2D eigenvalue weighted by atomic mass is 10.1.